The molecular weight excluding hydrogens is 242 g/mol. The number of hydrogen-bond donors (Lipinski definition) is 1. The maximum Gasteiger partial charge on any atom is 0.161 e. The molecule has 0 atom stereocenters. The third-order valence-corrected chi connectivity index (χ3v) is 3.54. The Morgan fingerprint density at radius 2 is 2.05 bits per heavy atom. The summed E-state index contributed by atoms with van der Waals surface area (Å²) < 4.78 is 7.42. The second-order valence-electron chi connectivity index (χ2n) is 4.74. The SMILES string of the molecule is NCc1cccc2nnc(CCN3CCOCC3)n12. The third kappa shape index (κ3) is 2.60. The van der Waals surface area contributed by atoms with E-state index in [4.69, 9.17) is 10.5 Å². The lowest BCUT2D eigenvalue weighted by atomic mass is 10.3. The lowest BCUT2D eigenvalue weighted by Gasteiger charge is -2.26. The molecule has 102 valence electrons. The van der Waals surface area contributed by atoms with Crippen molar-refractivity contribution in [3.8, 4) is 0 Å². The van der Waals surface area contributed by atoms with Crippen molar-refractivity contribution in [2.45, 2.75) is 13.0 Å². The lowest BCUT2D eigenvalue weighted by Crippen LogP contribution is -2.37. The molecule has 2 N–H and O–H groups in total. The van der Waals surface area contributed by atoms with Crippen molar-refractivity contribution in [3.63, 3.8) is 0 Å². The molecule has 0 unspecified atom stereocenters. The zero-order valence-corrected chi connectivity index (χ0v) is 11.0. The highest BCUT2D eigenvalue weighted by Gasteiger charge is 2.13. The van der Waals surface area contributed by atoms with E-state index in [1.165, 1.54) is 0 Å². The molecule has 3 heterocycles. The molecule has 0 aromatic carbocycles. The summed E-state index contributed by atoms with van der Waals surface area (Å²) in [5.74, 6) is 0.988. The highest BCUT2D eigenvalue weighted by Crippen LogP contribution is 2.09. The Balaban J connectivity index is 1.77. The van der Waals surface area contributed by atoms with Gasteiger partial charge in [0, 0.05) is 38.3 Å². The molecule has 0 saturated carbocycles. The van der Waals surface area contributed by atoms with Crippen LogP contribution in [-0.2, 0) is 17.7 Å². The molecule has 0 aliphatic carbocycles. The van der Waals surface area contributed by atoms with Crippen molar-refractivity contribution in [1.29, 1.82) is 0 Å². The third-order valence-electron chi connectivity index (χ3n) is 3.54. The first-order chi connectivity index (χ1) is 9.38. The Labute approximate surface area is 112 Å². The van der Waals surface area contributed by atoms with Gasteiger partial charge in [0.1, 0.15) is 5.82 Å². The van der Waals surface area contributed by atoms with Gasteiger partial charge in [-0.25, -0.2) is 0 Å². The van der Waals surface area contributed by atoms with Crippen LogP contribution in [0.15, 0.2) is 18.2 Å². The highest BCUT2D eigenvalue weighted by atomic mass is 16.5. The van der Waals surface area contributed by atoms with E-state index in [-0.39, 0.29) is 0 Å². The minimum atomic E-state index is 0.500. The van der Waals surface area contributed by atoms with Crippen LogP contribution < -0.4 is 5.73 Å². The Bertz CT molecular complexity index is 547. The molecule has 2 aromatic heterocycles. The number of aromatic nitrogens is 3. The van der Waals surface area contributed by atoms with Crippen LogP contribution in [0.3, 0.4) is 0 Å². The van der Waals surface area contributed by atoms with Gasteiger partial charge in [0.15, 0.2) is 5.65 Å². The zero-order valence-electron chi connectivity index (χ0n) is 11.0. The van der Waals surface area contributed by atoms with E-state index in [0.29, 0.717) is 6.54 Å². The Kier molecular flexibility index (Phi) is 3.72. The second-order valence-corrected chi connectivity index (χ2v) is 4.74. The standard InChI is InChI=1S/C13H19N5O/c14-10-11-2-1-3-12-15-16-13(18(11)12)4-5-17-6-8-19-9-7-17/h1-3H,4-10,14H2. The predicted octanol–water partition coefficient (Wildman–Crippen LogP) is 0.0627. The fraction of sp³-hybridized carbons (Fsp3) is 0.538. The molecule has 0 amide bonds. The fourth-order valence-electron chi connectivity index (χ4n) is 2.48. The molecule has 1 aliphatic rings. The minimum absolute atomic E-state index is 0.500. The largest absolute Gasteiger partial charge is 0.379 e. The quantitative estimate of drug-likeness (QED) is 0.843. The van der Waals surface area contributed by atoms with E-state index in [0.717, 1.165) is 56.4 Å². The molecule has 1 aliphatic heterocycles. The molecule has 0 radical (unpaired) electrons. The van der Waals surface area contributed by atoms with Crippen molar-refractivity contribution < 1.29 is 4.74 Å². The molecular formula is C13H19N5O. The van der Waals surface area contributed by atoms with Crippen LogP contribution in [0.1, 0.15) is 11.5 Å². The first kappa shape index (κ1) is 12.5. The molecule has 2 aromatic rings. The summed E-state index contributed by atoms with van der Waals surface area (Å²) in [6, 6.07) is 5.96. The Morgan fingerprint density at radius 1 is 1.21 bits per heavy atom. The van der Waals surface area contributed by atoms with Gasteiger partial charge < -0.3 is 10.5 Å². The smallest absolute Gasteiger partial charge is 0.161 e. The van der Waals surface area contributed by atoms with Gasteiger partial charge in [0.25, 0.3) is 0 Å². The van der Waals surface area contributed by atoms with Crippen LogP contribution in [0.2, 0.25) is 0 Å². The highest BCUT2D eigenvalue weighted by molar-refractivity contribution is 5.39. The normalized spacial score (nSPS) is 17.1. The number of nitrogens with two attached hydrogens (primary N) is 1. The fourth-order valence-corrected chi connectivity index (χ4v) is 2.48. The summed E-state index contributed by atoms with van der Waals surface area (Å²) in [6.07, 6.45) is 0.887. The molecule has 3 rings (SSSR count). The van der Waals surface area contributed by atoms with Gasteiger partial charge in [0.05, 0.1) is 13.2 Å². The van der Waals surface area contributed by atoms with Crippen molar-refractivity contribution in [1.82, 2.24) is 19.5 Å². The van der Waals surface area contributed by atoms with E-state index >= 15 is 0 Å². The minimum Gasteiger partial charge on any atom is -0.379 e. The lowest BCUT2D eigenvalue weighted by molar-refractivity contribution is 0.0382. The second kappa shape index (κ2) is 5.64. The molecule has 0 bridgehead atoms. The monoisotopic (exact) mass is 261 g/mol. The maximum absolute atomic E-state index is 5.78. The Hall–Kier alpha value is -1.50. The van der Waals surface area contributed by atoms with Crippen molar-refractivity contribution in [2.24, 2.45) is 5.73 Å². The van der Waals surface area contributed by atoms with Gasteiger partial charge in [-0.2, -0.15) is 0 Å². The summed E-state index contributed by atoms with van der Waals surface area (Å²) in [4.78, 5) is 2.40. The number of nitrogens with zero attached hydrogens (tertiary/aromatic N) is 4. The number of fused-ring (bicyclic) bond motifs is 1. The van der Waals surface area contributed by atoms with Gasteiger partial charge in [-0.1, -0.05) is 6.07 Å². The molecule has 6 nitrogen and oxygen atoms in total. The number of pyridine rings is 1. The van der Waals surface area contributed by atoms with E-state index < -0.39 is 0 Å². The van der Waals surface area contributed by atoms with Crippen molar-refractivity contribution in [3.05, 3.63) is 29.7 Å². The molecule has 0 spiro atoms. The summed E-state index contributed by atoms with van der Waals surface area (Å²) in [7, 11) is 0. The van der Waals surface area contributed by atoms with Crippen LogP contribution in [-0.4, -0.2) is 52.3 Å². The van der Waals surface area contributed by atoms with E-state index in [1.54, 1.807) is 0 Å². The van der Waals surface area contributed by atoms with Crippen LogP contribution in [0.4, 0.5) is 0 Å². The molecule has 6 heteroatoms. The van der Waals surface area contributed by atoms with Crippen molar-refractivity contribution >= 4 is 5.65 Å². The molecule has 19 heavy (non-hydrogen) atoms. The van der Waals surface area contributed by atoms with E-state index in [9.17, 15) is 0 Å². The van der Waals surface area contributed by atoms with Gasteiger partial charge in [-0.3, -0.25) is 9.30 Å². The topological polar surface area (TPSA) is 68.7 Å². The molecule has 1 fully saturated rings. The number of morpholine rings is 1. The summed E-state index contributed by atoms with van der Waals surface area (Å²) in [5.41, 5.74) is 7.71. The number of ether oxygens (including phenoxy) is 1. The average Bonchev–Trinajstić information content (AvgIpc) is 2.89. The van der Waals surface area contributed by atoms with Gasteiger partial charge in [-0.15, -0.1) is 10.2 Å². The van der Waals surface area contributed by atoms with Gasteiger partial charge >= 0.3 is 0 Å². The maximum atomic E-state index is 5.78. The van der Waals surface area contributed by atoms with E-state index in [2.05, 4.69) is 19.5 Å². The summed E-state index contributed by atoms with van der Waals surface area (Å²) >= 11 is 0. The summed E-state index contributed by atoms with van der Waals surface area (Å²) in [5, 5.41) is 8.49. The van der Waals surface area contributed by atoms with Crippen LogP contribution in [0.25, 0.3) is 5.65 Å². The summed E-state index contributed by atoms with van der Waals surface area (Å²) in [6.45, 7) is 5.15. The van der Waals surface area contributed by atoms with Crippen LogP contribution in [0.5, 0.6) is 0 Å². The average molecular weight is 261 g/mol. The zero-order chi connectivity index (χ0) is 13.1. The predicted molar refractivity (Wildman–Crippen MR) is 71.8 cm³/mol. The van der Waals surface area contributed by atoms with Crippen LogP contribution >= 0.6 is 0 Å². The van der Waals surface area contributed by atoms with Gasteiger partial charge in [0.2, 0.25) is 0 Å². The number of hydrogen-bond acceptors (Lipinski definition) is 5. The first-order valence-electron chi connectivity index (χ1n) is 6.70. The first-order valence-corrected chi connectivity index (χ1v) is 6.70. The Morgan fingerprint density at radius 3 is 2.84 bits per heavy atom. The van der Waals surface area contributed by atoms with Crippen LogP contribution in [0, 0.1) is 0 Å². The molecule has 1 saturated heterocycles. The van der Waals surface area contributed by atoms with Gasteiger partial charge in [-0.05, 0) is 12.1 Å². The number of rotatable bonds is 4. The van der Waals surface area contributed by atoms with E-state index in [1.807, 2.05) is 18.2 Å². The van der Waals surface area contributed by atoms with Crippen molar-refractivity contribution in [2.75, 3.05) is 32.8 Å².